The number of hydrogen-bond acceptors (Lipinski definition) is 6. The van der Waals surface area contributed by atoms with Gasteiger partial charge in [-0.2, -0.15) is 0 Å². The van der Waals surface area contributed by atoms with Crippen LogP contribution in [0.15, 0.2) is 70.5 Å². The second-order valence-electron chi connectivity index (χ2n) is 7.24. The van der Waals surface area contributed by atoms with Gasteiger partial charge in [0.2, 0.25) is 5.91 Å². The molecule has 0 unspecified atom stereocenters. The molecule has 0 saturated heterocycles. The van der Waals surface area contributed by atoms with Crippen LogP contribution in [0.5, 0.6) is 5.75 Å². The maximum absolute atomic E-state index is 13.2. The summed E-state index contributed by atoms with van der Waals surface area (Å²) in [4.78, 5) is 47.0. The second kappa shape index (κ2) is 9.66. The number of aromatic nitrogens is 4. The molecule has 0 radical (unpaired) electrons. The van der Waals surface area contributed by atoms with Crippen LogP contribution < -0.4 is 21.3 Å². The van der Waals surface area contributed by atoms with Crippen molar-refractivity contribution in [2.24, 2.45) is 0 Å². The van der Waals surface area contributed by atoms with Gasteiger partial charge in [0.25, 0.3) is 5.56 Å². The summed E-state index contributed by atoms with van der Waals surface area (Å²) in [5, 5.41) is 3.36. The SMILES string of the molecule is COc1ccc(Cn2c(=O)c3nccnc3n(CC(=O)NCc3ccc(Cl)cc3)c2=O)cc1. The van der Waals surface area contributed by atoms with E-state index in [2.05, 4.69) is 15.3 Å². The summed E-state index contributed by atoms with van der Waals surface area (Å²) < 4.78 is 7.35. The van der Waals surface area contributed by atoms with Gasteiger partial charge in [-0.25, -0.2) is 14.8 Å². The number of methoxy groups -OCH3 is 1. The number of nitrogens with one attached hydrogen (secondary N) is 1. The van der Waals surface area contributed by atoms with Gasteiger partial charge >= 0.3 is 5.69 Å². The Kier molecular flexibility index (Phi) is 6.50. The lowest BCUT2D eigenvalue weighted by molar-refractivity contribution is -0.121. The van der Waals surface area contributed by atoms with Gasteiger partial charge in [-0.3, -0.25) is 18.7 Å². The van der Waals surface area contributed by atoms with Crippen LogP contribution in [0.1, 0.15) is 11.1 Å². The highest BCUT2D eigenvalue weighted by Crippen LogP contribution is 2.12. The van der Waals surface area contributed by atoms with E-state index in [1.54, 1.807) is 55.6 Å². The molecule has 0 spiro atoms. The molecule has 2 heterocycles. The topological polar surface area (TPSA) is 108 Å². The first-order chi connectivity index (χ1) is 16.0. The number of hydrogen-bond donors (Lipinski definition) is 1. The smallest absolute Gasteiger partial charge is 0.333 e. The maximum Gasteiger partial charge on any atom is 0.333 e. The third-order valence-electron chi connectivity index (χ3n) is 5.05. The van der Waals surface area contributed by atoms with Crippen LogP contribution in [0.25, 0.3) is 11.2 Å². The minimum Gasteiger partial charge on any atom is -0.497 e. The monoisotopic (exact) mass is 465 g/mol. The maximum atomic E-state index is 13.2. The summed E-state index contributed by atoms with van der Waals surface area (Å²) in [6.45, 7) is -0.0368. The lowest BCUT2D eigenvalue weighted by Crippen LogP contribution is -2.43. The molecule has 1 amide bonds. The third kappa shape index (κ3) is 4.93. The van der Waals surface area contributed by atoms with Gasteiger partial charge < -0.3 is 10.1 Å². The van der Waals surface area contributed by atoms with E-state index in [4.69, 9.17) is 16.3 Å². The predicted octanol–water partition coefficient (Wildman–Crippen LogP) is 1.98. The average molecular weight is 466 g/mol. The van der Waals surface area contributed by atoms with Gasteiger partial charge in [0.05, 0.1) is 13.7 Å². The van der Waals surface area contributed by atoms with Crippen molar-refractivity contribution in [3.63, 3.8) is 0 Å². The van der Waals surface area contributed by atoms with Gasteiger partial charge in [-0.15, -0.1) is 0 Å². The summed E-state index contributed by atoms with van der Waals surface area (Å²) in [6, 6.07) is 14.0. The molecule has 0 bridgehead atoms. The summed E-state index contributed by atoms with van der Waals surface area (Å²) in [5.41, 5.74) is 0.421. The Balaban J connectivity index is 1.65. The fraction of sp³-hybridized carbons (Fsp3) is 0.174. The lowest BCUT2D eigenvalue weighted by atomic mass is 10.2. The number of amides is 1. The Morgan fingerprint density at radius 3 is 2.33 bits per heavy atom. The standard InChI is InChI=1S/C23H20ClN5O4/c1-33-18-8-4-16(5-9-18)13-29-22(31)20-21(26-11-10-25-20)28(23(29)32)14-19(30)27-12-15-2-6-17(24)7-3-15/h2-11H,12-14H2,1H3,(H,27,30). The number of ether oxygens (including phenoxy) is 1. The first-order valence-corrected chi connectivity index (χ1v) is 10.4. The summed E-state index contributed by atoms with van der Waals surface area (Å²) in [5.74, 6) is 0.249. The Hall–Kier alpha value is -3.98. The molecule has 0 saturated carbocycles. The number of rotatable bonds is 7. The molecule has 4 aromatic rings. The van der Waals surface area contributed by atoms with Crippen LogP contribution in [0.4, 0.5) is 0 Å². The van der Waals surface area contributed by atoms with Crippen molar-refractivity contribution in [2.75, 3.05) is 7.11 Å². The number of carbonyl (C=O) groups is 1. The van der Waals surface area contributed by atoms with Crippen LogP contribution in [0.2, 0.25) is 5.02 Å². The Morgan fingerprint density at radius 2 is 1.64 bits per heavy atom. The predicted molar refractivity (Wildman–Crippen MR) is 123 cm³/mol. The van der Waals surface area contributed by atoms with E-state index < -0.39 is 17.2 Å². The van der Waals surface area contributed by atoms with E-state index in [-0.39, 0.29) is 30.8 Å². The Bertz CT molecular complexity index is 1410. The number of halogens is 1. The van der Waals surface area contributed by atoms with Crippen molar-refractivity contribution in [2.45, 2.75) is 19.6 Å². The van der Waals surface area contributed by atoms with Crippen molar-refractivity contribution >= 4 is 28.7 Å². The number of fused-ring (bicyclic) bond motifs is 1. The Morgan fingerprint density at radius 1 is 0.970 bits per heavy atom. The van der Waals surface area contributed by atoms with E-state index in [1.807, 2.05) is 0 Å². The number of benzene rings is 2. The van der Waals surface area contributed by atoms with E-state index in [0.29, 0.717) is 10.8 Å². The van der Waals surface area contributed by atoms with Crippen molar-refractivity contribution in [1.29, 1.82) is 0 Å². The molecule has 2 aromatic carbocycles. The number of nitrogens with zero attached hydrogens (tertiary/aromatic N) is 4. The largest absolute Gasteiger partial charge is 0.497 e. The lowest BCUT2D eigenvalue weighted by Gasteiger charge is -2.13. The zero-order chi connectivity index (χ0) is 23.4. The van der Waals surface area contributed by atoms with Crippen molar-refractivity contribution in [3.05, 3.63) is 97.9 Å². The molecule has 168 valence electrons. The molecule has 33 heavy (non-hydrogen) atoms. The van der Waals surface area contributed by atoms with Gasteiger partial charge in [-0.05, 0) is 35.4 Å². The third-order valence-corrected chi connectivity index (χ3v) is 5.30. The highest BCUT2D eigenvalue weighted by molar-refractivity contribution is 6.30. The van der Waals surface area contributed by atoms with Crippen LogP contribution in [0.3, 0.4) is 0 Å². The van der Waals surface area contributed by atoms with Gasteiger partial charge in [0, 0.05) is 24.0 Å². The molecule has 10 heteroatoms. The minimum absolute atomic E-state index is 0.0103. The summed E-state index contributed by atoms with van der Waals surface area (Å²) >= 11 is 5.88. The first-order valence-electron chi connectivity index (χ1n) is 10.0. The quantitative estimate of drug-likeness (QED) is 0.447. The number of carbonyl (C=O) groups excluding carboxylic acids is 1. The van der Waals surface area contributed by atoms with Crippen molar-refractivity contribution in [1.82, 2.24) is 24.4 Å². The molecule has 4 rings (SSSR count). The van der Waals surface area contributed by atoms with Crippen LogP contribution >= 0.6 is 11.6 Å². The summed E-state index contributed by atoms with van der Waals surface area (Å²) in [7, 11) is 1.55. The fourth-order valence-corrected chi connectivity index (χ4v) is 3.45. The van der Waals surface area contributed by atoms with E-state index >= 15 is 0 Å². The highest BCUT2D eigenvalue weighted by atomic mass is 35.5. The van der Waals surface area contributed by atoms with Gasteiger partial charge in [0.15, 0.2) is 11.2 Å². The van der Waals surface area contributed by atoms with E-state index in [1.165, 1.54) is 12.4 Å². The summed E-state index contributed by atoms with van der Waals surface area (Å²) in [6.07, 6.45) is 2.74. The zero-order valence-corrected chi connectivity index (χ0v) is 18.5. The molecule has 0 aliphatic carbocycles. The van der Waals surface area contributed by atoms with Crippen LogP contribution in [-0.2, 0) is 24.4 Å². The zero-order valence-electron chi connectivity index (χ0n) is 17.7. The minimum atomic E-state index is -0.648. The normalized spacial score (nSPS) is 10.8. The van der Waals surface area contributed by atoms with Gasteiger partial charge in [0.1, 0.15) is 12.3 Å². The fourth-order valence-electron chi connectivity index (χ4n) is 3.33. The molecule has 9 nitrogen and oxygen atoms in total. The van der Waals surface area contributed by atoms with Crippen molar-refractivity contribution in [3.8, 4) is 5.75 Å². The van der Waals surface area contributed by atoms with E-state index in [9.17, 15) is 14.4 Å². The molecule has 0 atom stereocenters. The highest BCUT2D eigenvalue weighted by Gasteiger charge is 2.17. The van der Waals surface area contributed by atoms with Crippen molar-refractivity contribution < 1.29 is 9.53 Å². The average Bonchev–Trinajstić information content (AvgIpc) is 2.84. The molecule has 0 fully saturated rings. The Labute approximate surface area is 193 Å². The molecular weight excluding hydrogens is 446 g/mol. The molecule has 0 aliphatic heterocycles. The molecule has 1 N–H and O–H groups in total. The van der Waals surface area contributed by atoms with E-state index in [0.717, 1.165) is 20.3 Å². The second-order valence-corrected chi connectivity index (χ2v) is 7.68. The van der Waals surface area contributed by atoms with Crippen LogP contribution in [-0.4, -0.2) is 32.1 Å². The van der Waals surface area contributed by atoms with Gasteiger partial charge in [-0.1, -0.05) is 35.9 Å². The first kappa shape index (κ1) is 22.2. The molecule has 0 aliphatic rings. The molecule has 2 aromatic heterocycles. The molecular formula is C23H20ClN5O4. The van der Waals surface area contributed by atoms with Crippen LogP contribution in [0, 0.1) is 0 Å².